The first-order chi connectivity index (χ1) is 5.54. The molecule has 1 aliphatic carbocycles. The molecule has 68 valence electrons. The second-order valence-corrected chi connectivity index (χ2v) is 3.94. The molecular weight excluding hydrogens is 151 g/mol. The van der Waals surface area contributed by atoms with Crippen molar-refractivity contribution in [3.05, 3.63) is 22.5 Å². The van der Waals surface area contributed by atoms with Gasteiger partial charge in [0.15, 0.2) is 0 Å². The van der Waals surface area contributed by atoms with Gasteiger partial charge in [0.25, 0.3) is 0 Å². The Morgan fingerprint density at radius 1 is 1.08 bits per heavy atom. The number of halogens is 1. The molecule has 0 aliphatic heterocycles. The van der Waals surface area contributed by atoms with Crippen LogP contribution in [0.4, 0.5) is 4.39 Å². The van der Waals surface area contributed by atoms with E-state index in [-0.39, 0.29) is 5.83 Å². The zero-order valence-electron chi connectivity index (χ0n) is 8.37. The highest BCUT2D eigenvalue weighted by atomic mass is 19.1. The summed E-state index contributed by atoms with van der Waals surface area (Å²) in [6, 6.07) is 0. The Morgan fingerprint density at radius 3 is 2.00 bits per heavy atom. The highest BCUT2D eigenvalue weighted by Gasteiger charge is 2.19. The van der Waals surface area contributed by atoms with Gasteiger partial charge in [0, 0.05) is 0 Å². The van der Waals surface area contributed by atoms with Gasteiger partial charge in [0.05, 0.1) is 0 Å². The summed E-state index contributed by atoms with van der Waals surface area (Å²) >= 11 is 0. The summed E-state index contributed by atoms with van der Waals surface area (Å²) in [5.74, 6) is 0.369. The number of rotatable bonds is 1. The van der Waals surface area contributed by atoms with Crippen LogP contribution in [0.1, 0.15) is 40.5 Å². The molecule has 0 atom stereocenters. The van der Waals surface area contributed by atoms with Gasteiger partial charge in [0.1, 0.15) is 5.83 Å². The average Bonchev–Trinajstić information content (AvgIpc) is 1.97. The van der Waals surface area contributed by atoms with Crippen molar-refractivity contribution in [3.8, 4) is 0 Å². The Kier molecular flexibility index (Phi) is 2.71. The Bertz CT molecular complexity index is 244. The predicted octanol–water partition coefficient (Wildman–Crippen LogP) is 4.00. The molecule has 0 amide bonds. The molecule has 0 saturated carbocycles. The minimum atomic E-state index is 0.0498. The van der Waals surface area contributed by atoms with Crippen molar-refractivity contribution in [1.29, 1.82) is 0 Å². The smallest absolute Gasteiger partial charge is 0.125 e. The predicted molar refractivity (Wildman–Crippen MR) is 50.6 cm³/mol. The maximum Gasteiger partial charge on any atom is 0.125 e. The van der Waals surface area contributed by atoms with Crippen molar-refractivity contribution in [1.82, 2.24) is 0 Å². The van der Waals surface area contributed by atoms with Gasteiger partial charge in [0.2, 0.25) is 0 Å². The Hall–Kier alpha value is -0.590. The van der Waals surface area contributed by atoms with Crippen molar-refractivity contribution in [2.45, 2.75) is 40.5 Å². The van der Waals surface area contributed by atoms with E-state index in [0.717, 1.165) is 24.0 Å². The monoisotopic (exact) mass is 168 g/mol. The van der Waals surface area contributed by atoms with Gasteiger partial charge < -0.3 is 0 Å². The Balaban J connectivity index is 3.07. The lowest BCUT2D eigenvalue weighted by Crippen LogP contribution is -2.05. The van der Waals surface area contributed by atoms with Crippen LogP contribution in [0.2, 0.25) is 0 Å². The van der Waals surface area contributed by atoms with Crippen LogP contribution in [-0.4, -0.2) is 0 Å². The first-order valence-electron chi connectivity index (χ1n) is 4.59. The van der Waals surface area contributed by atoms with E-state index in [4.69, 9.17) is 0 Å². The standard InChI is InChI=1S/C11H17F/c1-7(2)10-8(3)5-6-9(4)11(10)12/h7H,5-6H2,1-4H3. The molecule has 0 nitrogen and oxygen atoms in total. The molecule has 0 aromatic carbocycles. The molecular formula is C11H17F. The Labute approximate surface area is 74.2 Å². The van der Waals surface area contributed by atoms with Crippen molar-refractivity contribution in [2.24, 2.45) is 5.92 Å². The molecule has 0 N–H and O–H groups in total. The largest absolute Gasteiger partial charge is 0.207 e. The quantitative estimate of drug-likeness (QED) is 0.555. The van der Waals surface area contributed by atoms with Crippen molar-refractivity contribution in [2.75, 3.05) is 0 Å². The van der Waals surface area contributed by atoms with Gasteiger partial charge in [-0.2, -0.15) is 0 Å². The SMILES string of the molecule is CC1=C(F)C(C(C)C)=C(C)CC1. The fourth-order valence-electron chi connectivity index (χ4n) is 1.78. The molecule has 0 unspecified atom stereocenters. The van der Waals surface area contributed by atoms with Crippen LogP contribution >= 0.6 is 0 Å². The summed E-state index contributed by atoms with van der Waals surface area (Å²) in [6.07, 6.45) is 1.93. The van der Waals surface area contributed by atoms with Gasteiger partial charge in [-0.3, -0.25) is 0 Å². The molecule has 0 saturated heterocycles. The van der Waals surface area contributed by atoms with Crippen molar-refractivity contribution >= 4 is 0 Å². The second kappa shape index (κ2) is 3.42. The lowest BCUT2D eigenvalue weighted by molar-refractivity contribution is 0.569. The van der Waals surface area contributed by atoms with Crippen LogP contribution in [0.25, 0.3) is 0 Å². The molecule has 0 fully saturated rings. The van der Waals surface area contributed by atoms with Crippen LogP contribution in [0.3, 0.4) is 0 Å². The van der Waals surface area contributed by atoms with Crippen LogP contribution in [0, 0.1) is 5.92 Å². The van der Waals surface area contributed by atoms with Gasteiger partial charge in [-0.05, 0) is 43.8 Å². The minimum Gasteiger partial charge on any atom is -0.207 e. The third-order valence-electron chi connectivity index (χ3n) is 2.52. The van der Waals surface area contributed by atoms with E-state index in [1.807, 2.05) is 13.8 Å². The average molecular weight is 168 g/mol. The van der Waals surface area contributed by atoms with E-state index in [2.05, 4.69) is 13.8 Å². The summed E-state index contributed by atoms with van der Waals surface area (Å²) in [5, 5.41) is 0. The minimum absolute atomic E-state index is 0.0498. The first-order valence-corrected chi connectivity index (χ1v) is 4.59. The second-order valence-electron chi connectivity index (χ2n) is 3.94. The van der Waals surface area contributed by atoms with Crippen LogP contribution < -0.4 is 0 Å². The third-order valence-corrected chi connectivity index (χ3v) is 2.52. The molecule has 1 rings (SSSR count). The number of hydrogen-bond acceptors (Lipinski definition) is 0. The van der Waals surface area contributed by atoms with Gasteiger partial charge in [-0.15, -0.1) is 0 Å². The lowest BCUT2D eigenvalue weighted by Gasteiger charge is -2.20. The fraction of sp³-hybridized carbons (Fsp3) is 0.636. The van der Waals surface area contributed by atoms with Crippen LogP contribution in [0.15, 0.2) is 22.5 Å². The maximum atomic E-state index is 13.6. The molecule has 0 aromatic rings. The third kappa shape index (κ3) is 1.60. The van der Waals surface area contributed by atoms with Crippen LogP contribution in [-0.2, 0) is 0 Å². The molecule has 0 aromatic heterocycles. The van der Waals surface area contributed by atoms with Gasteiger partial charge >= 0.3 is 0 Å². The van der Waals surface area contributed by atoms with E-state index in [9.17, 15) is 4.39 Å². The van der Waals surface area contributed by atoms with E-state index in [0.29, 0.717) is 5.92 Å². The highest BCUT2D eigenvalue weighted by Crippen LogP contribution is 2.34. The van der Waals surface area contributed by atoms with Crippen molar-refractivity contribution in [3.63, 3.8) is 0 Å². The van der Waals surface area contributed by atoms with Gasteiger partial charge in [-0.1, -0.05) is 19.4 Å². The van der Waals surface area contributed by atoms with E-state index in [1.54, 1.807) is 0 Å². The molecule has 0 bridgehead atoms. The zero-order valence-corrected chi connectivity index (χ0v) is 8.37. The summed E-state index contributed by atoms with van der Waals surface area (Å²) < 4.78 is 13.6. The normalized spacial score (nSPS) is 19.5. The van der Waals surface area contributed by atoms with E-state index in [1.165, 1.54) is 5.57 Å². The van der Waals surface area contributed by atoms with E-state index >= 15 is 0 Å². The Morgan fingerprint density at radius 2 is 1.58 bits per heavy atom. The number of hydrogen-bond donors (Lipinski definition) is 0. The van der Waals surface area contributed by atoms with Gasteiger partial charge in [-0.25, -0.2) is 4.39 Å². The molecule has 1 aliphatic rings. The van der Waals surface area contributed by atoms with Crippen LogP contribution in [0.5, 0.6) is 0 Å². The fourth-order valence-corrected chi connectivity index (χ4v) is 1.78. The lowest BCUT2D eigenvalue weighted by atomic mass is 9.87. The summed E-state index contributed by atoms with van der Waals surface area (Å²) in [6.45, 7) is 8.04. The summed E-state index contributed by atoms with van der Waals surface area (Å²) in [4.78, 5) is 0. The molecule has 0 spiro atoms. The number of allylic oxidation sites excluding steroid dienone is 4. The first kappa shape index (κ1) is 9.50. The van der Waals surface area contributed by atoms with E-state index < -0.39 is 0 Å². The molecule has 12 heavy (non-hydrogen) atoms. The zero-order chi connectivity index (χ0) is 9.30. The highest BCUT2D eigenvalue weighted by molar-refractivity contribution is 5.38. The van der Waals surface area contributed by atoms with Crippen molar-refractivity contribution < 1.29 is 4.39 Å². The topological polar surface area (TPSA) is 0 Å². The molecule has 0 radical (unpaired) electrons. The summed E-state index contributed by atoms with van der Waals surface area (Å²) in [7, 11) is 0. The maximum absolute atomic E-state index is 13.6. The molecule has 1 heteroatoms. The summed E-state index contributed by atoms with van der Waals surface area (Å²) in [5.41, 5.74) is 3.09. The molecule has 0 heterocycles.